The second-order valence-electron chi connectivity index (χ2n) is 10.3. The summed E-state index contributed by atoms with van der Waals surface area (Å²) in [5.41, 5.74) is 1.40. The Kier molecular flexibility index (Phi) is 9.48. The molecule has 2 N–H and O–H groups in total. The minimum atomic E-state index is -1.07. The maximum Gasteiger partial charge on any atom is 0.250 e. The Morgan fingerprint density at radius 1 is 1.12 bits per heavy atom. The molecular formula is C31H35N5O4S2. The van der Waals surface area contributed by atoms with Crippen LogP contribution < -0.4 is 20.1 Å². The Labute approximate surface area is 256 Å². The number of thiocarbonyl (C=S) groups is 1. The van der Waals surface area contributed by atoms with E-state index in [0.29, 0.717) is 41.7 Å². The highest BCUT2D eigenvalue weighted by Gasteiger charge is 2.48. The van der Waals surface area contributed by atoms with Gasteiger partial charge in [-0.15, -0.1) is 0 Å². The van der Waals surface area contributed by atoms with Gasteiger partial charge in [0.1, 0.15) is 17.0 Å². The third-order valence-corrected chi connectivity index (χ3v) is 9.16. The molecule has 2 saturated heterocycles. The molecule has 1 atom stereocenters. The molecule has 0 spiro atoms. The second kappa shape index (κ2) is 13.4. The van der Waals surface area contributed by atoms with Crippen molar-refractivity contribution >= 4 is 46.6 Å². The fourth-order valence-corrected chi connectivity index (χ4v) is 6.92. The van der Waals surface area contributed by atoms with E-state index in [9.17, 15) is 9.59 Å². The molecule has 2 amide bonds. The highest BCUT2D eigenvalue weighted by atomic mass is 32.2. The van der Waals surface area contributed by atoms with Crippen molar-refractivity contribution in [2.45, 2.75) is 31.0 Å². The zero-order valence-corrected chi connectivity index (χ0v) is 25.4. The van der Waals surface area contributed by atoms with E-state index in [-0.39, 0.29) is 30.9 Å². The number of benzene rings is 2. The van der Waals surface area contributed by atoms with Gasteiger partial charge < -0.3 is 29.9 Å². The number of rotatable bonds is 10. The van der Waals surface area contributed by atoms with Gasteiger partial charge in [0.2, 0.25) is 5.91 Å². The summed E-state index contributed by atoms with van der Waals surface area (Å²) < 4.78 is 10.9. The van der Waals surface area contributed by atoms with Crippen molar-refractivity contribution in [2.24, 2.45) is 0 Å². The summed E-state index contributed by atoms with van der Waals surface area (Å²) in [6.45, 7) is 0.873. The topological polar surface area (TPSA) is 96.0 Å². The SMILES string of the molecule is COc1ccc(NC(=O)C2(N(Cc3cccnc3)C(=O)CN3C[C@@H](c4ccccc4)NC3=S)CCSCC2)c(OC)c1. The summed E-state index contributed by atoms with van der Waals surface area (Å²) in [6, 6.07) is 19.1. The van der Waals surface area contributed by atoms with Gasteiger partial charge in [0, 0.05) is 31.5 Å². The van der Waals surface area contributed by atoms with E-state index in [1.54, 1.807) is 61.5 Å². The Bertz CT molecular complexity index is 1400. The number of carbonyl (C=O) groups is 2. The monoisotopic (exact) mass is 605 g/mol. The molecule has 2 aromatic carbocycles. The smallest absolute Gasteiger partial charge is 0.250 e. The first-order chi connectivity index (χ1) is 20.4. The Morgan fingerprint density at radius 2 is 1.90 bits per heavy atom. The lowest BCUT2D eigenvalue weighted by atomic mass is 9.87. The van der Waals surface area contributed by atoms with Crippen LogP contribution in [0.25, 0.3) is 0 Å². The first kappa shape index (κ1) is 29.7. The molecule has 3 heterocycles. The molecular weight excluding hydrogens is 571 g/mol. The Balaban J connectivity index is 1.44. The van der Waals surface area contributed by atoms with Gasteiger partial charge in [-0.2, -0.15) is 11.8 Å². The van der Waals surface area contributed by atoms with Crippen LogP contribution in [0.3, 0.4) is 0 Å². The van der Waals surface area contributed by atoms with Crippen LogP contribution in [0.1, 0.15) is 30.0 Å². The fourth-order valence-electron chi connectivity index (χ4n) is 5.47. The van der Waals surface area contributed by atoms with E-state index in [4.69, 9.17) is 21.7 Å². The normalized spacial score (nSPS) is 17.7. The van der Waals surface area contributed by atoms with E-state index in [1.165, 1.54) is 0 Å². The van der Waals surface area contributed by atoms with Crippen LogP contribution in [0.4, 0.5) is 5.69 Å². The third kappa shape index (κ3) is 6.47. The van der Waals surface area contributed by atoms with Crippen molar-refractivity contribution in [3.8, 4) is 11.5 Å². The first-order valence-electron chi connectivity index (χ1n) is 13.8. The largest absolute Gasteiger partial charge is 0.497 e. The lowest BCUT2D eigenvalue weighted by Gasteiger charge is -2.45. The minimum absolute atomic E-state index is 0.0100. The molecule has 2 fully saturated rings. The van der Waals surface area contributed by atoms with Crippen molar-refractivity contribution < 1.29 is 19.1 Å². The molecule has 0 saturated carbocycles. The standard InChI is InChI=1S/C31H35N5O4S2/c1-39-24-10-11-25(27(17-24)40-2)33-29(38)31(12-15-42-16-13-31)36(19-22-7-6-14-32-18-22)28(37)21-35-20-26(34-30(35)41)23-8-4-3-5-9-23/h3-11,14,17-18,26H,12-13,15-16,19-21H2,1-2H3,(H,33,38)(H,34,41)/t26-/m0/s1. The van der Waals surface area contributed by atoms with E-state index in [2.05, 4.69) is 15.6 Å². The minimum Gasteiger partial charge on any atom is -0.497 e. The van der Waals surface area contributed by atoms with Crippen LogP contribution in [-0.4, -0.2) is 76.1 Å². The highest BCUT2D eigenvalue weighted by Crippen LogP contribution is 2.37. The lowest BCUT2D eigenvalue weighted by Crippen LogP contribution is -2.61. The highest BCUT2D eigenvalue weighted by molar-refractivity contribution is 7.99. The van der Waals surface area contributed by atoms with Gasteiger partial charge in [0.15, 0.2) is 5.11 Å². The van der Waals surface area contributed by atoms with Crippen LogP contribution in [0.2, 0.25) is 0 Å². The molecule has 1 aromatic heterocycles. The van der Waals surface area contributed by atoms with Gasteiger partial charge in [-0.3, -0.25) is 14.6 Å². The molecule has 2 aliphatic rings. The lowest BCUT2D eigenvalue weighted by molar-refractivity contribution is -0.147. The number of carbonyl (C=O) groups excluding carboxylic acids is 2. The van der Waals surface area contributed by atoms with Crippen LogP contribution in [0, 0.1) is 0 Å². The number of methoxy groups -OCH3 is 2. The fraction of sp³-hybridized carbons (Fsp3) is 0.355. The zero-order chi connectivity index (χ0) is 29.5. The quantitative estimate of drug-likeness (QED) is 0.329. The summed E-state index contributed by atoms with van der Waals surface area (Å²) >= 11 is 7.44. The molecule has 2 aliphatic heterocycles. The summed E-state index contributed by atoms with van der Waals surface area (Å²) in [7, 11) is 3.12. The zero-order valence-electron chi connectivity index (χ0n) is 23.7. The van der Waals surface area contributed by atoms with Crippen molar-refractivity contribution in [1.29, 1.82) is 0 Å². The predicted molar refractivity (Wildman–Crippen MR) is 169 cm³/mol. The van der Waals surface area contributed by atoms with E-state index in [1.807, 2.05) is 47.4 Å². The summed E-state index contributed by atoms with van der Waals surface area (Å²) in [6.07, 6.45) is 4.47. The molecule has 11 heteroatoms. The van der Waals surface area contributed by atoms with E-state index >= 15 is 0 Å². The number of nitrogens with zero attached hydrogens (tertiary/aromatic N) is 3. The number of ether oxygens (including phenoxy) is 2. The number of hydrogen-bond acceptors (Lipinski definition) is 7. The van der Waals surface area contributed by atoms with Crippen LogP contribution in [0.15, 0.2) is 73.1 Å². The number of amides is 2. The van der Waals surface area contributed by atoms with Gasteiger partial charge in [-0.1, -0.05) is 36.4 Å². The van der Waals surface area contributed by atoms with Gasteiger partial charge in [-0.25, -0.2) is 0 Å². The van der Waals surface area contributed by atoms with Crippen molar-refractivity contribution in [1.82, 2.24) is 20.1 Å². The number of anilines is 1. The first-order valence-corrected chi connectivity index (χ1v) is 15.4. The molecule has 0 radical (unpaired) electrons. The number of pyridine rings is 1. The van der Waals surface area contributed by atoms with Gasteiger partial charge >= 0.3 is 0 Å². The number of thioether (sulfide) groups is 1. The van der Waals surface area contributed by atoms with Crippen molar-refractivity contribution in [2.75, 3.05) is 44.1 Å². The molecule has 9 nitrogen and oxygen atoms in total. The van der Waals surface area contributed by atoms with Gasteiger partial charge in [-0.05, 0) is 65.9 Å². The average molecular weight is 606 g/mol. The van der Waals surface area contributed by atoms with Crippen LogP contribution >= 0.6 is 24.0 Å². The summed E-state index contributed by atoms with van der Waals surface area (Å²) in [5, 5.41) is 6.96. The van der Waals surface area contributed by atoms with E-state index < -0.39 is 5.54 Å². The molecule has 5 rings (SSSR count). The maximum atomic E-state index is 14.3. The summed E-state index contributed by atoms with van der Waals surface area (Å²) in [4.78, 5) is 36.5. The molecule has 0 unspecified atom stereocenters. The second-order valence-corrected chi connectivity index (χ2v) is 11.9. The summed E-state index contributed by atoms with van der Waals surface area (Å²) in [5.74, 6) is 2.20. The number of aromatic nitrogens is 1. The molecule has 0 aliphatic carbocycles. The Morgan fingerprint density at radius 3 is 2.60 bits per heavy atom. The average Bonchev–Trinajstić information content (AvgIpc) is 3.40. The van der Waals surface area contributed by atoms with Crippen molar-refractivity contribution in [3.05, 3.63) is 84.2 Å². The van der Waals surface area contributed by atoms with Gasteiger partial charge in [0.05, 0.1) is 32.5 Å². The van der Waals surface area contributed by atoms with Crippen LogP contribution in [0.5, 0.6) is 11.5 Å². The Hall–Kier alpha value is -3.83. The number of hydrogen-bond donors (Lipinski definition) is 2. The van der Waals surface area contributed by atoms with Crippen molar-refractivity contribution in [3.63, 3.8) is 0 Å². The van der Waals surface area contributed by atoms with E-state index in [0.717, 1.165) is 22.6 Å². The molecule has 0 bridgehead atoms. The predicted octanol–water partition coefficient (Wildman–Crippen LogP) is 4.26. The third-order valence-electron chi connectivity index (χ3n) is 7.80. The molecule has 3 aromatic rings. The molecule has 220 valence electrons. The molecule has 42 heavy (non-hydrogen) atoms. The van der Waals surface area contributed by atoms with Crippen LogP contribution in [-0.2, 0) is 16.1 Å². The number of nitrogens with one attached hydrogen (secondary N) is 2. The maximum absolute atomic E-state index is 14.3. The van der Waals surface area contributed by atoms with Gasteiger partial charge in [0.25, 0.3) is 5.91 Å².